The molecule has 0 nitrogen and oxygen atoms in total. The third-order valence-electron chi connectivity index (χ3n) is 5.33. The van der Waals surface area contributed by atoms with Crippen LogP contribution >= 0.6 is 0 Å². The summed E-state index contributed by atoms with van der Waals surface area (Å²) in [5, 5.41) is 0. The highest BCUT2D eigenvalue weighted by atomic mass is 27.2. The third kappa shape index (κ3) is 3.69. The molecular weight excluding hydrogens is 488 g/mol. The SMILES string of the molecule is Cc1c(F)c(F)[c]([Al]([c]2c(F)cc(F)c(C)c2F)[c]2c(F)c(F)c(C)c(F)c2F)c(F)c1F. The Morgan fingerprint density at radius 1 is 0.394 bits per heavy atom. The van der Waals surface area contributed by atoms with Crippen molar-refractivity contribution in [1.29, 1.82) is 0 Å². The topological polar surface area (TPSA) is 0 Å². The molecule has 0 unspecified atom stereocenters. The van der Waals surface area contributed by atoms with Gasteiger partial charge in [-0.25, -0.2) is 48.3 Å². The highest BCUT2D eigenvalue weighted by molar-refractivity contribution is 6.95. The second kappa shape index (κ2) is 8.65. The average molecular weight is 498 g/mol. The molecule has 0 saturated heterocycles. The van der Waals surface area contributed by atoms with Gasteiger partial charge in [-0.15, -0.1) is 0 Å². The quantitative estimate of drug-likeness (QED) is 0.280. The van der Waals surface area contributed by atoms with E-state index in [1.807, 2.05) is 0 Å². The summed E-state index contributed by atoms with van der Waals surface area (Å²) >= 11 is -5.12. The van der Waals surface area contributed by atoms with Gasteiger partial charge in [-0.3, -0.25) is 0 Å². The van der Waals surface area contributed by atoms with E-state index < -0.39 is 108 Å². The van der Waals surface area contributed by atoms with E-state index in [2.05, 4.69) is 0 Å². The number of halogens is 11. The van der Waals surface area contributed by atoms with Crippen molar-refractivity contribution >= 4 is 27.4 Å². The van der Waals surface area contributed by atoms with Crippen LogP contribution in [0.3, 0.4) is 0 Å². The van der Waals surface area contributed by atoms with E-state index in [1.54, 1.807) is 0 Å². The maximum atomic E-state index is 14.9. The van der Waals surface area contributed by atoms with Gasteiger partial charge < -0.3 is 0 Å². The van der Waals surface area contributed by atoms with Gasteiger partial charge in [-0.1, -0.05) is 0 Å². The minimum absolute atomic E-state index is 0.00116. The lowest BCUT2D eigenvalue weighted by molar-refractivity contribution is 0.450. The first-order chi connectivity index (χ1) is 15.2. The molecule has 0 aromatic heterocycles. The van der Waals surface area contributed by atoms with Crippen LogP contribution < -0.4 is 13.3 Å². The molecule has 0 N–H and O–H groups in total. The molecule has 3 rings (SSSR count). The second-order valence-corrected chi connectivity index (χ2v) is 9.81. The highest BCUT2D eigenvalue weighted by Gasteiger charge is 2.44. The van der Waals surface area contributed by atoms with Gasteiger partial charge in [-0.2, -0.15) is 0 Å². The van der Waals surface area contributed by atoms with Crippen molar-refractivity contribution in [3.8, 4) is 0 Å². The zero-order valence-electron chi connectivity index (χ0n) is 16.8. The van der Waals surface area contributed by atoms with Gasteiger partial charge in [0.1, 0.15) is 40.7 Å². The van der Waals surface area contributed by atoms with Gasteiger partial charge in [0.15, 0.2) is 23.3 Å². The van der Waals surface area contributed by atoms with Gasteiger partial charge in [0, 0.05) is 22.8 Å². The summed E-state index contributed by atoms with van der Waals surface area (Å²) in [6.45, 7) is 1.94. The fraction of sp³-hybridized carbons (Fsp3) is 0.143. The molecule has 0 atom stereocenters. The summed E-state index contributed by atoms with van der Waals surface area (Å²) < 4.78 is 154. The Morgan fingerprint density at radius 3 is 1.06 bits per heavy atom. The maximum absolute atomic E-state index is 14.9. The van der Waals surface area contributed by atoms with E-state index in [4.69, 9.17) is 0 Å². The van der Waals surface area contributed by atoms with Crippen molar-refractivity contribution in [2.45, 2.75) is 20.8 Å². The van der Waals surface area contributed by atoms with Crippen molar-refractivity contribution in [2.75, 3.05) is 0 Å². The summed E-state index contributed by atoms with van der Waals surface area (Å²) in [5.41, 5.74) is -3.40. The Hall–Kier alpha value is -2.58. The van der Waals surface area contributed by atoms with Crippen LogP contribution in [0.4, 0.5) is 48.3 Å². The molecule has 33 heavy (non-hydrogen) atoms. The van der Waals surface area contributed by atoms with Crippen LogP contribution in [-0.2, 0) is 0 Å². The van der Waals surface area contributed by atoms with Crippen molar-refractivity contribution in [3.05, 3.63) is 86.7 Å². The molecule has 0 heterocycles. The molecule has 174 valence electrons. The Labute approximate surface area is 183 Å². The fourth-order valence-electron chi connectivity index (χ4n) is 3.43. The first kappa shape index (κ1) is 25.1. The molecule has 0 aliphatic carbocycles. The zero-order chi connectivity index (χ0) is 25.1. The lowest BCUT2D eigenvalue weighted by Crippen LogP contribution is -2.60. The van der Waals surface area contributed by atoms with E-state index in [9.17, 15) is 48.3 Å². The standard InChI is InChI=1S/2C7H3F4.C7H4F3.Al/c2*1-3-6(10)4(8)2-5(9)7(3)11;1-4-6(9)2-5(8)3-7(4)10;/h2*1H3;2H,1H3;. The fourth-order valence-corrected chi connectivity index (χ4v) is 6.65. The van der Waals surface area contributed by atoms with Crippen molar-refractivity contribution in [2.24, 2.45) is 0 Å². The summed E-state index contributed by atoms with van der Waals surface area (Å²) in [7, 11) is 0. The summed E-state index contributed by atoms with van der Waals surface area (Å²) in [5.74, 6) is -22.7. The number of hydrogen-bond acceptors (Lipinski definition) is 0. The molecule has 3 aromatic rings. The van der Waals surface area contributed by atoms with Gasteiger partial charge in [0.25, 0.3) is 0 Å². The largest absolute Gasteiger partial charge is 0.412 e. The molecule has 0 aliphatic rings. The molecule has 0 spiro atoms. The predicted octanol–water partition coefficient (Wildman–Crippen LogP) is 4.66. The predicted molar refractivity (Wildman–Crippen MR) is 97.7 cm³/mol. The molecule has 12 heteroatoms. The number of benzene rings is 3. The lowest BCUT2D eigenvalue weighted by Gasteiger charge is -2.21. The van der Waals surface area contributed by atoms with Gasteiger partial charge in [0.2, 0.25) is 0 Å². The Balaban J connectivity index is 2.64. The van der Waals surface area contributed by atoms with E-state index >= 15 is 0 Å². The van der Waals surface area contributed by atoms with Gasteiger partial charge in [-0.05, 0) is 34.0 Å². The average Bonchev–Trinajstić information content (AvgIpc) is 2.77. The zero-order valence-corrected chi connectivity index (χ0v) is 18.0. The lowest BCUT2D eigenvalue weighted by atomic mass is 10.2. The van der Waals surface area contributed by atoms with E-state index in [0.29, 0.717) is 13.8 Å². The van der Waals surface area contributed by atoms with E-state index in [0.717, 1.165) is 6.92 Å². The molecule has 0 amide bonds. The van der Waals surface area contributed by atoms with Crippen LogP contribution in [0, 0.1) is 84.8 Å². The highest BCUT2D eigenvalue weighted by Crippen LogP contribution is 2.23. The van der Waals surface area contributed by atoms with Crippen LogP contribution in [0.25, 0.3) is 0 Å². The smallest absolute Gasteiger partial charge is 0.208 e. The minimum Gasteiger partial charge on any atom is -0.208 e. The van der Waals surface area contributed by atoms with Crippen LogP contribution in [-0.4, -0.2) is 14.1 Å². The molecule has 0 aliphatic heterocycles. The minimum atomic E-state index is -5.12. The molecule has 3 aromatic carbocycles. The van der Waals surface area contributed by atoms with E-state index in [-0.39, 0.29) is 6.07 Å². The van der Waals surface area contributed by atoms with Crippen molar-refractivity contribution in [1.82, 2.24) is 0 Å². The van der Waals surface area contributed by atoms with Crippen molar-refractivity contribution in [3.63, 3.8) is 0 Å². The Bertz CT molecular complexity index is 1190. The first-order valence-electron chi connectivity index (χ1n) is 9.02. The van der Waals surface area contributed by atoms with Crippen molar-refractivity contribution < 1.29 is 48.3 Å². The third-order valence-corrected chi connectivity index (χ3v) is 8.61. The summed E-state index contributed by atoms with van der Waals surface area (Å²) in [6.07, 6.45) is 0. The Morgan fingerprint density at radius 2 is 0.727 bits per heavy atom. The Kier molecular flexibility index (Phi) is 6.57. The van der Waals surface area contributed by atoms with E-state index in [1.165, 1.54) is 0 Å². The molecule has 0 bridgehead atoms. The molecule has 0 saturated carbocycles. The molecule has 0 fully saturated rings. The normalized spacial score (nSPS) is 11.3. The number of hydrogen-bond donors (Lipinski definition) is 0. The van der Waals surface area contributed by atoms with Crippen LogP contribution in [0.15, 0.2) is 6.07 Å². The summed E-state index contributed by atoms with van der Waals surface area (Å²) in [4.78, 5) is 0. The molecular formula is C21H10AlF11. The first-order valence-corrected chi connectivity index (χ1v) is 10.8. The molecule has 0 radical (unpaired) electrons. The maximum Gasteiger partial charge on any atom is 0.412 e. The van der Waals surface area contributed by atoms with Crippen LogP contribution in [0.2, 0.25) is 0 Å². The van der Waals surface area contributed by atoms with Crippen LogP contribution in [0.5, 0.6) is 0 Å². The van der Waals surface area contributed by atoms with Gasteiger partial charge >= 0.3 is 14.1 Å². The number of rotatable bonds is 3. The second-order valence-electron chi connectivity index (χ2n) is 7.22. The monoisotopic (exact) mass is 498 g/mol. The van der Waals surface area contributed by atoms with Crippen LogP contribution in [0.1, 0.15) is 16.7 Å². The van der Waals surface area contributed by atoms with Gasteiger partial charge in [0.05, 0.1) is 0 Å². The summed E-state index contributed by atoms with van der Waals surface area (Å²) in [6, 6.07) is 0.00116.